The predicted molar refractivity (Wildman–Crippen MR) is 77.2 cm³/mol. The van der Waals surface area contributed by atoms with Crippen LogP contribution in [0.3, 0.4) is 0 Å². The highest BCUT2D eigenvalue weighted by Gasteiger charge is 2.41. The molecule has 2 rings (SSSR count). The Hall–Kier alpha value is -1.34. The van der Waals surface area contributed by atoms with Crippen LogP contribution in [0.4, 0.5) is 4.79 Å². The smallest absolute Gasteiger partial charge is 0.326 e. The van der Waals surface area contributed by atoms with E-state index in [-0.39, 0.29) is 12.1 Å². The van der Waals surface area contributed by atoms with Gasteiger partial charge in [0, 0.05) is 46.3 Å². The molecular formula is C14H25N3O4. The van der Waals surface area contributed by atoms with E-state index in [0.29, 0.717) is 26.1 Å². The van der Waals surface area contributed by atoms with Crippen molar-refractivity contribution < 1.29 is 19.4 Å². The average molecular weight is 299 g/mol. The molecule has 1 N–H and O–H groups in total. The lowest BCUT2D eigenvalue weighted by Gasteiger charge is -2.37. The van der Waals surface area contributed by atoms with Crippen LogP contribution in [0.5, 0.6) is 0 Å². The maximum Gasteiger partial charge on any atom is 0.326 e. The molecular weight excluding hydrogens is 274 g/mol. The maximum absolute atomic E-state index is 12.6. The van der Waals surface area contributed by atoms with Crippen molar-refractivity contribution in [1.82, 2.24) is 14.7 Å². The zero-order valence-corrected chi connectivity index (χ0v) is 12.8. The molecule has 2 fully saturated rings. The molecule has 0 bridgehead atoms. The molecule has 0 aromatic heterocycles. The van der Waals surface area contributed by atoms with Crippen LogP contribution >= 0.6 is 0 Å². The van der Waals surface area contributed by atoms with Crippen LogP contribution in [-0.4, -0.2) is 90.3 Å². The zero-order valence-electron chi connectivity index (χ0n) is 12.8. The van der Waals surface area contributed by atoms with E-state index < -0.39 is 12.0 Å². The highest BCUT2D eigenvalue weighted by Crippen LogP contribution is 2.22. The number of urea groups is 1. The second-order valence-corrected chi connectivity index (χ2v) is 5.71. The third-order valence-electron chi connectivity index (χ3n) is 4.31. The summed E-state index contributed by atoms with van der Waals surface area (Å²) < 4.78 is 5.22. The average Bonchev–Trinajstić information content (AvgIpc) is 2.92. The second-order valence-electron chi connectivity index (χ2n) is 5.71. The summed E-state index contributed by atoms with van der Waals surface area (Å²) >= 11 is 0. The summed E-state index contributed by atoms with van der Waals surface area (Å²) in [6.45, 7) is 6.61. The number of carbonyl (C=O) groups excluding carboxylic acids is 1. The third kappa shape index (κ3) is 3.65. The largest absolute Gasteiger partial charge is 0.480 e. The molecule has 0 saturated carbocycles. The molecule has 2 aliphatic heterocycles. The van der Waals surface area contributed by atoms with Gasteiger partial charge in [0.2, 0.25) is 0 Å². The molecule has 2 saturated heterocycles. The van der Waals surface area contributed by atoms with Gasteiger partial charge < -0.3 is 19.6 Å². The van der Waals surface area contributed by atoms with E-state index in [1.165, 1.54) is 4.90 Å². The molecule has 0 radical (unpaired) electrons. The van der Waals surface area contributed by atoms with Gasteiger partial charge in [0.15, 0.2) is 0 Å². The van der Waals surface area contributed by atoms with E-state index in [1.807, 2.05) is 0 Å². The Bertz CT molecular complexity index is 382. The van der Waals surface area contributed by atoms with Gasteiger partial charge >= 0.3 is 12.0 Å². The van der Waals surface area contributed by atoms with Gasteiger partial charge in [0.25, 0.3) is 0 Å². The number of amides is 2. The normalized spacial score (nSPS) is 27.1. The van der Waals surface area contributed by atoms with Gasteiger partial charge in [-0.15, -0.1) is 0 Å². The summed E-state index contributed by atoms with van der Waals surface area (Å²) in [6.07, 6.45) is 1.29. The highest BCUT2D eigenvalue weighted by atomic mass is 16.5. The van der Waals surface area contributed by atoms with E-state index >= 15 is 0 Å². The Labute approximate surface area is 125 Å². The van der Waals surface area contributed by atoms with Crippen molar-refractivity contribution in [3.63, 3.8) is 0 Å². The van der Waals surface area contributed by atoms with Gasteiger partial charge in [-0.1, -0.05) is 6.92 Å². The quantitative estimate of drug-likeness (QED) is 0.808. The zero-order chi connectivity index (χ0) is 15.4. The van der Waals surface area contributed by atoms with Crippen LogP contribution in [-0.2, 0) is 9.53 Å². The number of carbonyl (C=O) groups is 2. The van der Waals surface area contributed by atoms with Crippen molar-refractivity contribution in [1.29, 1.82) is 0 Å². The molecule has 2 aliphatic rings. The monoisotopic (exact) mass is 299 g/mol. The van der Waals surface area contributed by atoms with E-state index in [1.54, 1.807) is 12.0 Å². The number of piperazine rings is 1. The minimum atomic E-state index is -0.951. The molecule has 0 aliphatic carbocycles. The fraction of sp³-hybridized carbons (Fsp3) is 0.857. The minimum Gasteiger partial charge on any atom is -0.480 e. The minimum absolute atomic E-state index is 0.168. The van der Waals surface area contributed by atoms with Crippen LogP contribution in [0.2, 0.25) is 0 Å². The predicted octanol–water partition coefficient (Wildman–Crippen LogP) is 0.308. The maximum atomic E-state index is 12.6. The van der Waals surface area contributed by atoms with E-state index in [4.69, 9.17) is 4.74 Å². The van der Waals surface area contributed by atoms with Crippen LogP contribution in [0.25, 0.3) is 0 Å². The lowest BCUT2D eigenvalue weighted by Crippen LogP contribution is -2.54. The Morgan fingerprint density at radius 3 is 2.43 bits per heavy atom. The summed E-state index contributed by atoms with van der Waals surface area (Å²) in [5.41, 5.74) is 0. The van der Waals surface area contributed by atoms with Crippen molar-refractivity contribution in [3.8, 4) is 0 Å². The first kappa shape index (κ1) is 16.0. The summed E-state index contributed by atoms with van der Waals surface area (Å²) in [5.74, 6) is -0.951. The molecule has 7 nitrogen and oxygen atoms in total. The standard InChI is InChI=1S/C14H25N3O4/c1-3-4-15-5-7-16(8-6-15)14(20)17-10-11(21-2)9-12(17)13(18)19/h11-12H,3-10H2,1-2H3,(H,18,19). The molecule has 2 atom stereocenters. The van der Waals surface area contributed by atoms with Crippen LogP contribution in [0, 0.1) is 0 Å². The highest BCUT2D eigenvalue weighted by molar-refractivity contribution is 5.83. The number of methoxy groups -OCH3 is 1. The van der Waals surface area contributed by atoms with Gasteiger partial charge in [0.1, 0.15) is 6.04 Å². The summed E-state index contributed by atoms with van der Waals surface area (Å²) in [4.78, 5) is 29.4. The van der Waals surface area contributed by atoms with Crippen molar-refractivity contribution in [2.45, 2.75) is 31.9 Å². The molecule has 0 aromatic rings. The van der Waals surface area contributed by atoms with Gasteiger partial charge in [-0.3, -0.25) is 4.90 Å². The van der Waals surface area contributed by atoms with Gasteiger partial charge in [-0.2, -0.15) is 0 Å². The molecule has 120 valence electrons. The molecule has 0 aromatic carbocycles. The Morgan fingerprint density at radius 1 is 1.24 bits per heavy atom. The first-order valence-electron chi connectivity index (χ1n) is 7.60. The van der Waals surface area contributed by atoms with E-state index in [2.05, 4.69) is 11.8 Å². The van der Waals surface area contributed by atoms with Crippen LogP contribution in [0.15, 0.2) is 0 Å². The Morgan fingerprint density at radius 2 is 1.90 bits per heavy atom. The van der Waals surface area contributed by atoms with Gasteiger partial charge in [-0.25, -0.2) is 9.59 Å². The first-order valence-corrected chi connectivity index (χ1v) is 7.60. The number of hydrogen-bond donors (Lipinski definition) is 1. The Kier molecular flexibility index (Phi) is 5.41. The number of hydrogen-bond acceptors (Lipinski definition) is 4. The van der Waals surface area contributed by atoms with E-state index in [9.17, 15) is 14.7 Å². The molecule has 21 heavy (non-hydrogen) atoms. The molecule has 2 amide bonds. The second kappa shape index (κ2) is 7.09. The fourth-order valence-corrected chi connectivity index (χ4v) is 3.07. The lowest BCUT2D eigenvalue weighted by atomic mass is 10.2. The number of likely N-dealkylation sites (tertiary alicyclic amines) is 1. The number of nitrogens with zero attached hydrogens (tertiary/aromatic N) is 3. The van der Waals surface area contributed by atoms with Crippen molar-refractivity contribution in [2.24, 2.45) is 0 Å². The number of rotatable bonds is 4. The summed E-state index contributed by atoms with van der Waals surface area (Å²) in [7, 11) is 1.56. The molecule has 0 spiro atoms. The number of ether oxygens (including phenoxy) is 1. The fourth-order valence-electron chi connectivity index (χ4n) is 3.07. The first-order chi connectivity index (χ1) is 10.1. The SMILES string of the molecule is CCCN1CCN(C(=O)N2CC(OC)CC2C(=O)O)CC1. The van der Waals surface area contributed by atoms with Crippen LogP contribution < -0.4 is 0 Å². The third-order valence-corrected chi connectivity index (χ3v) is 4.31. The topological polar surface area (TPSA) is 73.3 Å². The number of carboxylic acids is 1. The van der Waals surface area contributed by atoms with Gasteiger partial charge in [-0.05, 0) is 13.0 Å². The van der Waals surface area contributed by atoms with Crippen LogP contribution in [0.1, 0.15) is 19.8 Å². The molecule has 2 unspecified atom stereocenters. The molecule has 2 heterocycles. The summed E-state index contributed by atoms with van der Waals surface area (Å²) in [6, 6.07) is -0.936. The summed E-state index contributed by atoms with van der Waals surface area (Å²) in [5, 5.41) is 9.28. The Balaban J connectivity index is 1.94. The molecule has 7 heteroatoms. The van der Waals surface area contributed by atoms with Crippen molar-refractivity contribution in [2.75, 3.05) is 46.4 Å². The van der Waals surface area contributed by atoms with Gasteiger partial charge in [0.05, 0.1) is 6.10 Å². The van der Waals surface area contributed by atoms with Crippen molar-refractivity contribution in [3.05, 3.63) is 0 Å². The number of carboxylic acid groups (broad SMARTS) is 1. The lowest BCUT2D eigenvalue weighted by molar-refractivity contribution is -0.141. The number of aliphatic carboxylic acids is 1. The van der Waals surface area contributed by atoms with Crippen molar-refractivity contribution >= 4 is 12.0 Å². The van der Waals surface area contributed by atoms with E-state index in [0.717, 1.165) is 26.1 Å².